The Labute approximate surface area is 54.5 Å². The topological polar surface area (TPSA) is 46.2 Å². The first kappa shape index (κ1) is 8.27. The maximum atomic E-state index is 8.35. The van der Waals surface area contributed by atoms with Crippen molar-refractivity contribution in [2.45, 2.75) is 18.2 Å². The lowest BCUT2D eigenvalue weighted by molar-refractivity contribution is 0.284. The average Bonchev–Trinajstić information content (AvgIpc) is 1.83. The van der Waals surface area contributed by atoms with Crippen LogP contribution in [0.2, 0.25) is 0 Å². The fourth-order valence-electron chi connectivity index (χ4n) is 0.410. The van der Waals surface area contributed by atoms with Crippen LogP contribution in [0.3, 0.4) is 0 Å². The number of hydrogen-bond acceptors (Lipinski definition) is 3. The van der Waals surface area contributed by atoms with Gasteiger partial charge in [-0.25, -0.2) is 0 Å². The molecule has 0 saturated carbocycles. The lowest BCUT2D eigenvalue weighted by Crippen LogP contribution is -2.14. The molecule has 50 valence electrons. The van der Waals surface area contributed by atoms with E-state index in [9.17, 15) is 0 Å². The Morgan fingerprint density at radius 1 is 1.75 bits per heavy atom. The van der Waals surface area contributed by atoms with E-state index < -0.39 is 0 Å². The van der Waals surface area contributed by atoms with E-state index in [1.807, 2.05) is 6.26 Å². The monoisotopic (exact) mass is 135 g/mol. The largest absolute Gasteiger partial charge is 0.396 e. The smallest absolute Gasteiger partial charge is 0.0505 e. The van der Waals surface area contributed by atoms with Gasteiger partial charge in [0, 0.05) is 6.61 Å². The third-order valence-electron chi connectivity index (χ3n) is 0.950. The van der Waals surface area contributed by atoms with Crippen molar-refractivity contribution in [2.24, 2.45) is 5.73 Å². The van der Waals surface area contributed by atoms with Gasteiger partial charge < -0.3 is 10.8 Å². The van der Waals surface area contributed by atoms with Gasteiger partial charge in [0.05, 0.1) is 5.37 Å². The summed E-state index contributed by atoms with van der Waals surface area (Å²) < 4.78 is 0. The molecule has 0 spiro atoms. The lowest BCUT2D eigenvalue weighted by atomic mass is 10.3. The first-order chi connectivity index (χ1) is 3.81. The molecule has 0 heterocycles. The summed E-state index contributed by atoms with van der Waals surface area (Å²) >= 11 is 1.63. The normalized spacial score (nSPS) is 13.9. The van der Waals surface area contributed by atoms with Crippen molar-refractivity contribution in [3.63, 3.8) is 0 Å². The molecule has 0 fully saturated rings. The molecule has 3 N–H and O–H groups in total. The zero-order chi connectivity index (χ0) is 6.41. The number of hydrogen-bond donors (Lipinski definition) is 2. The van der Waals surface area contributed by atoms with Gasteiger partial charge in [0.1, 0.15) is 0 Å². The van der Waals surface area contributed by atoms with Crippen LogP contribution in [0.4, 0.5) is 0 Å². The average molecular weight is 135 g/mol. The summed E-state index contributed by atoms with van der Waals surface area (Å²) in [5.41, 5.74) is 5.51. The highest BCUT2D eigenvalue weighted by Crippen LogP contribution is 2.05. The highest BCUT2D eigenvalue weighted by atomic mass is 32.2. The van der Waals surface area contributed by atoms with Crippen LogP contribution in [0.1, 0.15) is 12.8 Å². The molecule has 0 aliphatic heterocycles. The summed E-state index contributed by atoms with van der Waals surface area (Å²) in [6.45, 7) is 0.258. The van der Waals surface area contributed by atoms with Crippen LogP contribution < -0.4 is 5.73 Å². The van der Waals surface area contributed by atoms with E-state index in [0.29, 0.717) is 0 Å². The maximum Gasteiger partial charge on any atom is 0.0505 e. The summed E-state index contributed by atoms with van der Waals surface area (Å²) in [5, 5.41) is 8.56. The Hall–Kier alpha value is 0.270. The number of thioether (sulfide) groups is 1. The minimum Gasteiger partial charge on any atom is -0.396 e. The van der Waals surface area contributed by atoms with E-state index in [1.165, 1.54) is 0 Å². The molecule has 0 saturated heterocycles. The van der Waals surface area contributed by atoms with E-state index in [4.69, 9.17) is 10.8 Å². The molecule has 2 nitrogen and oxygen atoms in total. The molecule has 0 aromatic rings. The molecule has 3 heteroatoms. The first-order valence-electron chi connectivity index (χ1n) is 2.70. The van der Waals surface area contributed by atoms with Gasteiger partial charge in [-0.2, -0.15) is 0 Å². The van der Waals surface area contributed by atoms with Crippen LogP contribution in [0.15, 0.2) is 0 Å². The van der Waals surface area contributed by atoms with Crippen LogP contribution >= 0.6 is 11.8 Å². The Morgan fingerprint density at radius 2 is 2.38 bits per heavy atom. The van der Waals surface area contributed by atoms with Crippen molar-refractivity contribution >= 4 is 11.8 Å². The summed E-state index contributed by atoms with van der Waals surface area (Å²) in [5.74, 6) is 0. The Balaban J connectivity index is 2.86. The minimum atomic E-state index is 0.210. The van der Waals surface area contributed by atoms with E-state index >= 15 is 0 Å². The molecular weight excluding hydrogens is 122 g/mol. The summed E-state index contributed by atoms with van der Waals surface area (Å²) in [6, 6.07) is 0. The van der Waals surface area contributed by atoms with Gasteiger partial charge in [-0.3, -0.25) is 0 Å². The van der Waals surface area contributed by atoms with Crippen molar-refractivity contribution in [3.8, 4) is 0 Å². The van der Waals surface area contributed by atoms with Gasteiger partial charge in [0.2, 0.25) is 0 Å². The molecule has 0 bridgehead atoms. The van der Waals surface area contributed by atoms with Crippen molar-refractivity contribution < 1.29 is 5.11 Å². The third kappa shape index (κ3) is 4.43. The molecule has 0 amide bonds. The molecule has 0 aromatic carbocycles. The predicted octanol–water partition coefficient (Wildman–Crippen LogP) is 0.407. The number of rotatable bonds is 4. The second-order valence-corrected chi connectivity index (χ2v) is 2.72. The van der Waals surface area contributed by atoms with E-state index in [2.05, 4.69) is 0 Å². The van der Waals surface area contributed by atoms with Crippen LogP contribution in [0.25, 0.3) is 0 Å². The quantitative estimate of drug-likeness (QED) is 0.549. The van der Waals surface area contributed by atoms with E-state index in [-0.39, 0.29) is 12.0 Å². The van der Waals surface area contributed by atoms with Crippen molar-refractivity contribution in [1.82, 2.24) is 0 Å². The Kier molecular flexibility index (Phi) is 5.59. The highest BCUT2D eigenvalue weighted by molar-refractivity contribution is 7.99. The second kappa shape index (κ2) is 5.41. The summed E-state index contributed by atoms with van der Waals surface area (Å²) in [6.07, 6.45) is 3.71. The molecule has 0 aromatic heterocycles. The number of aliphatic hydroxyl groups is 1. The van der Waals surface area contributed by atoms with Crippen LogP contribution in [-0.2, 0) is 0 Å². The van der Waals surface area contributed by atoms with Crippen LogP contribution in [-0.4, -0.2) is 23.3 Å². The van der Waals surface area contributed by atoms with Crippen LogP contribution in [0.5, 0.6) is 0 Å². The van der Waals surface area contributed by atoms with E-state index in [0.717, 1.165) is 12.8 Å². The fraction of sp³-hybridized carbons (Fsp3) is 1.00. The zero-order valence-corrected chi connectivity index (χ0v) is 5.95. The molecule has 1 atom stereocenters. The van der Waals surface area contributed by atoms with E-state index in [1.54, 1.807) is 11.8 Å². The molecule has 1 unspecified atom stereocenters. The van der Waals surface area contributed by atoms with Gasteiger partial charge in [0.25, 0.3) is 0 Å². The molecule has 8 heavy (non-hydrogen) atoms. The highest BCUT2D eigenvalue weighted by Gasteiger charge is 1.95. The van der Waals surface area contributed by atoms with Crippen LogP contribution in [0, 0.1) is 0 Å². The fourth-order valence-corrected chi connectivity index (χ4v) is 0.813. The number of nitrogens with two attached hydrogens (primary N) is 1. The van der Waals surface area contributed by atoms with Gasteiger partial charge in [-0.05, 0) is 19.1 Å². The standard InChI is InChI=1S/C5H13NOS/c1-8-5(6)3-2-4-7/h5,7H,2-4,6H2,1H3. The Bertz CT molecular complexity index is 51.7. The molecule has 0 aliphatic rings. The first-order valence-corrected chi connectivity index (χ1v) is 3.99. The predicted molar refractivity (Wildman–Crippen MR) is 37.8 cm³/mol. The third-order valence-corrected chi connectivity index (χ3v) is 1.79. The molecule has 0 radical (unpaired) electrons. The van der Waals surface area contributed by atoms with Gasteiger partial charge in [-0.1, -0.05) is 0 Å². The van der Waals surface area contributed by atoms with Gasteiger partial charge >= 0.3 is 0 Å². The van der Waals surface area contributed by atoms with Gasteiger partial charge in [0.15, 0.2) is 0 Å². The SMILES string of the molecule is CSC(N)CCCO. The maximum absolute atomic E-state index is 8.35. The van der Waals surface area contributed by atoms with Gasteiger partial charge in [-0.15, -0.1) is 11.8 Å². The molecule has 0 rings (SSSR count). The Morgan fingerprint density at radius 3 is 2.75 bits per heavy atom. The molecule has 0 aliphatic carbocycles. The van der Waals surface area contributed by atoms with Crippen molar-refractivity contribution in [1.29, 1.82) is 0 Å². The van der Waals surface area contributed by atoms with Crippen molar-refractivity contribution in [3.05, 3.63) is 0 Å². The molecular formula is C5H13NOS. The summed E-state index contributed by atoms with van der Waals surface area (Å²) in [4.78, 5) is 0. The lowest BCUT2D eigenvalue weighted by Gasteiger charge is -2.04. The summed E-state index contributed by atoms with van der Waals surface area (Å²) in [7, 11) is 0. The minimum absolute atomic E-state index is 0.210. The number of aliphatic hydroxyl groups excluding tert-OH is 1. The zero-order valence-electron chi connectivity index (χ0n) is 5.13. The second-order valence-electron chi connectivity index (χ2n) is 1.64. The van der Waals surface area contributed by atoms with Crippen molar-refractivity contribution in [2.75, 3.05) is 12.9 Å².